The molecule has 2 atom stereocenters. The number of allylic oxidation sites excluding steroid dienone is 2. The summed E-state index contributed by atoms with van der Waals surface area (Å²) in [5.41, 5.74) is 7.73. The molecule has 1 nitrogen and oxygen atoms in total. The molecule has 0 saturated carbocycles. The molecule has 0 aromatic rings. The Labute approximate surface area is 69.7 Å². The van der Waals surface area contributed by atoms with Crippen LogP contribution in [0.5, 0.6) is 0 Å². The van der Waals surface area contributed by atoms with E-state index in [0.717, 1.165) is 6.42 Å². The smallest absolute Gasteiger partial charge is 0.00499 e. The maximum absolute atomic E-state index is 5.90. The highest BCUT2D eigenvalue weighted by Crippen LogP contribution is 2.43. The van der Waals surface area contributed by atoms with Crippen LogP contribution in [0.3, 0.4) is 0 Å². The standard InChI is InChI=1S/C10H19N/c1-7-5-6-9(8(2)11)10(7,3)4/h5,8-9H,6,11H2,1-4H3. The fourth-order valence-electron chi connectivity index (χ4n) is 2.03. The second kappa shape index (κ2) is 2.63. The third kappa shape index (κ3) is 1.34. The molecule has 0 heterocycles. The molecular weight excluding hydrogens is 134 g/mol. The topological polar surface area (TPSA) is 26.0 Å². The van der Waals surface area contributed by atoms with Gasteiger partial charge in [0.25, 0.3) is 0 Å². The van der Waals surface area contributed by atoms with Crippen LogP contribution in [0.25, 0.3) is 0 Å². The van der Waals surface area contributed by atoms with Crippen molar-refractivity contribution in [1.29, 1.82) is 0 Å². The third-order valence-corrected chi connectivity index (χ3v) is 3.26. The van der Waals surface area contributed by atoms with Crippen LogP contribution in [-0.4, -0.2) is 6.04 Å². The molecule has 0 bridgehead atoms. The fourth-order valence-corrected chi connectivity index (χ4v) is 2.03. The normalized spacial score (nSPS) is 31.7. The van der Waals surface area contributed by atoms with Gasteiger partial charge in [0.1, 0.15) is 0 Å². The molecule has 0 aliphatic heterocycles. The molecule has 0 saturated heterocycles. The lowest BCUT2D eigenvalue weighted by Crippen LogP contribution is -2.35. The van der Waals surface area contributed by atoms with Crippen LogP contribution < -0.4 is 5.73 Å². The zero-order chi connectivity index (χ0) is 8.65. The minimum absolute atomic E-state index is 0.318. The van der Waals surface area contributed by atoms with Crippen LogP contribution in [0.4, 0.5) is 0 Å². The van der Waals surface area contributed by atoms with Crippen molar-refractivity contribution in [1.82, 2.24) is 0 Å². The summed E-state index contributed by atoms with van der Waals surface area (Å²) in [6.45, 7) is 8.90. The second-order valence-corrected chi connectivity index (χ2v) is 4.31. The summed E-state index contributed by atoms with van der Waals surface area (Å²) in [5, 5.41) is 0. The molecule has 1 aliphatic carbocycles. The van der Waals surface area contributed by atoms with Crippen LogP contribution in [-0.2, 0) is 0 Å². The Morgan fingerprint density at radius 3 is 2.36 bits per heavy atom. The van der Waals surface area contributed by atoms with Gasteiger partial charge in [0, 0.05) is 6.04 Å². The first-order valence-corrected chi connectivity index (χ1v) is 4.39. The zero-order valence-corrected chi connectivity index (χ0v) is 8.02. The monoisotopic (exact) mass is 153 g/mol. The van der Waals surface area contributed by atoms with E-state index in [4.69, 9.17) is 5.73 Å². The highest BCUT2D eigenvalue weighted by Gasteiger charge is 2.36. The number of nitrogens with two attached hydrogens (primary N) is 1. The van der Waals surface area contributed by atoms with Crippen molar-refractivity contribution in [2.45, 2.75) is 40.2 Å². The van der Waals surface area contributed by atoms with Gasteiger partial charge in [-0.25, -0.2) is 0 Å². The molecule has 64 valence electrons. The van der Waals surface area contributed by atoms with Crippen LogP contribution >= 0.6 is 0 Å². The van der Waals surface area contributed by atoms with Crippen molar-refractivity contribution in [3.8, 4) is 0 Å². The van der Waals surface area contributed by atoms with E-state index < -0.39 is 0 Å². The van der Waals surface area contributed by atoms with Crippen molar-refractivity contribution < 1.29 is 0 Å². The number of hydrogen-bond acceptors (Lipinski definition) is 1. The molecule has 11 heavy (non-hydrogen) atoms. The maximum atomic E-state index is 5.90. The molecule has 0 spiro atoms. The zero-order valence-electron chi connectivity index (χ0n) is 8.02. The summed E-state index contributed by atoms with van der Waals surface area (Å²) in [4.78, 5) is 0. The van der Waals surface area contributed by atoms with Crippen LogP contribution in [0.2, 0.25) is 0 Å². The van der Waals surface area contributed by atoms with Crippen LogP contribution in [0.1, 0.15) is 34.1 Å². The Kier molecular flexibility index (Phi) is 2.10. The Hall–Kier alpha value is -0.300. The predicted octanol–water partition coefficient (Wildman–Crippen LogP) is 2.33. The number of hydrogen-bond donors (Lipinski definition) is 1. The molecule has 1 aliphatic rings. The highest BCUT2D eigenvalue weighted by atomic mass is 14.7. The summed E-state index contributed by atoms with van der Waals surface area (Å²) in [6, 6.07) is 0.318. The maximum Gasteiger partial charge on any atom is 0.00499 e. The van der Waals surface area contributed by atoms with Gasteiger partial charge in [-0.15, -0.1) is 0 Å². The lowest BCUT2D eigenvalue weighted by molar-refractivity contribution is 0.255. The van der Waals surface area contributed by atoms with Gasteiger partial charge in [-0.2, -0.15) is 0 Å². The van der Waals surface area contributed by atoms with E-state index in [9.17, 15) is 0 Å². The molecule has 2 N–H and O–H groups in total. The summed E-state index contributed by atoms with van der Waals surface area (Å²) >= 11 is 0. The van der Waals surface area contributed by atoms with E-state index >= 15 is 0 Å². The lowest BCUT2D eigenvalue weighted by Gasteiger charge is -2.32. The first-order valence-electron chi connectivity index (χ1n) is 4.39. The van der Waals surface area contributed by atoms with E-state index in [1.165, 1.54) is 5.57 Å². The van der Waals surface area contributed by atoms with Crippen LogP contribution in [0, 0.1) is 11.3 Å². The molecule has 0 aromatic heterocycles. The van der Waals surface area contributed by atoms with Gasteiger partial charge < -0.3 is 5.73 Å². The summed E-state index contributed by atoms with van der Waals surface area (Å²) in [5.74, 6) is 0.641. The summed E-state index contributed by atoms with van der Waals surface area (Å²) < 4.78 is 0. The molecule has 2 unspecified atom stereocenters. The Morgan fingerprint density at radius 1 is 1.64 bits per heavy atom. The average Bonchev–Trinajstić information content (AvgIpc) is 2.08. The minimum atomic E-state index is 0.318. The second-order valence-electron chi connectivity index (χ2n) is 4.31. The van der Waals surface area contributed by atoms with Crippen LogP contribution in [0.15, 0.2) is 11.6 Å². The van der Waals surface area contributed by atoms with Gasteiger partial charge in [-0.1, -0.05) is 25.5 Å². The van der Waals surface area contributed by atoms with Gasteiger partial charge >= 0.3 is 0 Å². The van der Waals surface area contributed by atoms with E-state index in [2.05, 4.69) is 33.8 Å². The molecule has 0 fully saturated rings. The molecule has 0 amide bonds. The van der Waals surface area contributed by atoms with Gasteiger partial charge in [-0.05, 0) is 31.6 Å². The SMILES string of the molecule is CC1=CCC(C(C)N)C1(C)C. The molecule has 1 rings (SSSR count). The van der Waals surface area contributed by atoms with E-state index in [0.29, 0.717) is 17.4 Å². The number of rotatable bonds is 1. The van der Waals surface area contributed by atoms with E-state index in [1.54, 1.807) is 0 Å². The molecular formula is C10H19N. The molecule has 0 radical (unpaired) electrons. The summed E-state index contributed by atoms with van der Waals surface area (Å²) in [7, 11) is 0. The minimum Gasteiger partial charge on any atom is -0.328 e. The third-order valence-electron chi connectivity index (χ3n) is 3.26. The van der Waals surface area contributed by atoms with E-state index in [-0.39, 0.29) is 0 Å². The fraction of sp³-hybridized carbons (Fsp3) is 0.800. The van der Waals surface area contributed by atoms with Gasteiger partial charge in [0.2, 0.25) is 0 Å². The van der Waals surface area contributed by atoms with Crippen molar-refractivity contribution >= 4 is 0 Å². The van der Waals surface area contributed by atoms with Crippen molar-refractivity contribution in [2.24, 2.45) is 17.1 Å². The van der Waals surface area contributed by atoms with Gasteiger partial charge in [0.05, 0.1) is 0 Å². The van der Waals surface area contributed by atoms with Crippen molar-refractivity contribution in [3.63, 3.8) is 0 Å². The van der Waals surface area contributed by atoms with Crippen molar-refractivity contribution in [3.05, 3.63) is 11.6 Å². The highest BCUT2D eigenvalue weighted by molar-refractivity contribution is 5.19. The van der Waals surface area contributed by atoms with Gasteiger partial charge in [0.15, 0.2) is 0 Å². The lowest BCUT2D eigenvalue weighted by atomic mass is 9.75. The Morgan fingerprint density at radius 2 is 2.18 bits per heavy atom. The van der Waals surface area contributed by atoms with Gasteiger partial charge in [-0.3, -0.25) is 0 Å². The predicted molar refractivity (Wildman–Crippen MR) is 49.3 cm³/mol. The van der Waals surface area contributed by atoms with E-state index in [1.807, 2.05) is 0 Å². The average molecular weight is 153 g/mol. The summed E-state index contributed by atoms with van der Waals surface area (Å²) in [6.07, 6.45) is 3.49. The Balaban J connectivity index is 2.78. The first kappa shape index (κ1) is 8.79. The largest absolute Gasteiger partial charge is 0.328 e. The first-order chi connectivity index (χ1) is 4.96. The van der Waals surface area contributed by atoms with Crippen molar-refractivity contribution in [2.75, 3.05) is 0 Å². The molecule has 1 heteroatoms. The Bertz CT molecular complexity index is 177. The quantitative estimate of drug-likeness (QED) is 0.575. The molecule has 0 aromatic carbocycles.